The Labute approximate surface area is 154 Å². The molecule has 0 saturated carbocycles. The SMILES string of the molecule is Cc1nc2c(c(N3CCCC3)n1)CCN(C(=O)[C@H]1CC(C(C)C)=NO1)C2. The van der Waals surface area contributed by atoms with Gasteiger partial charge in [0.15, 0.2) is 0 Å². The van der Waals surface area contributed by atoms with Crippen LogP contribution >= 0.6 is 0 Å². The van der Waals surface area contributed by atoms with E-state index >= 15 is 0 Å². The highest BCUT2D eigenvalue weighted by atomic mass is 16.6. The van der Waals surface area contributed by atoms with E-state index in [0.717, 1.165) is 42.6 Å². The molecule has 26 heavy (non-hydrogen) atoms. The minimum atomic E-state index is -0.477. The number of hydrogen-bond acceptors (Lipinski definition) is 6. The Hall–Kier alpha value is -2.18. The predicted octanol–water partition coefficient (Wildman–Crippen LogP) is 2.07. The molecular weight excluding hydrogens is 330 g/mol. The number of nitrogens with zero attached hydrogens (tertiary/aromatic N) is 5. The zero-order chi connectivity index (χ0) is 18.3. The van der Waals surface area contributed by atoms with Crippen molar-refractivity contribution in [3.8, 4) is 0 Å². The van der Waals surface area contributed by atoms with Crippen molar-refractivity contribution in [1.29, 1.82) is 0 Å². The summed E-state index contributed by atoms with van der Waals surface area (Å²) < 4.78 is 0. The molecule has 7 nitrogen and oxygen atoms in total. The first-order chi connectivity index (χ1) is 12.5. The second-order valence-electron chi connectivity index (χ2n) is 7.76. The molecule has 1 fully saturated rings. The van der Waals surface area contributed by atoms with E-state index in [1.54, 1.807) is 0 Å². The standard InChI is InChI=1S/C19H27N5O2/c1-12(2)15-10-17(26-22-15)19(25)24-9-6-14-16(11-24)20-13(3)21-18(14)23-7-4-5-8-23/h12,17H,4-11H2,1-3H3/t17-/m1/s1. The molecule has 3 aliphatic rings. The number of hydrogen-bond donors (Lipinski definition) is 0. The lowest BCUT2D eigenvalue weighted by Crippen LogP contribution is -2.43. The van der Waals surface area contributed by atoms with Crippen LogP contribution in [0.15, 0.2) is 5.16 Å². The molecule has 3 aliphatic heterocycles. The third-order valence-electron chi connectivity index (χ3n) is 5.51. The molecule has 0 bridgehead atoms. The largest absolute Gasteiger partial charge is 0.382 e. The van der Waals surface area contributed by atoms with Crippen LogP contribution in [0, 0.1) is 12.8 Å². The summed E-state index contributed by atoms with van der Waals surface area (Å²) in [4.78, 5) is 31.9. The summed E-state index contributed by atoms with van der Waals surface area (Å²) in [6.07, 6.45) is 3.37. The molecule has 0 aliphatic carbocycles. The summed E-state index contributed by atoms with van der Waals surface area (Å²) in [5.74, 6) is 2.20. The van der Waals surface area contributed by atoms with E-state index in [-0.39, 0.29) is 5.91 Å². The minimum absolute atomic E-state index is 0.0223. The van der Waals surface area contributed by atoms with E-state index in [1.807, 2.05) is 11.8 Å². The number of oxime groups is 1. The molecule has 4 heterocycles. The monoisotopic (exact) mass is 357 g/mol. The Bertz CT molecular complexity index is 740. The van der Waals surface area contributed by atoms with Gasteiger partial charge in [0.05, 0.1) is 18.0 Å². The lowest BCUT2D eigenvalue weighted by atomic mass is 10.0. The Morgan fingerprint density at radius 1 is 1.19 bits per heavy atom. The van der Waals surface area contributed by atoms with Crippen LogP contribution in [0.5, 0.6) is 0 Å². The smallest absolute Gasteiger partial charge is 0.267 e. The van der Waals surface area contributed by atoms with E-state index in [0.29, 0.717) is 25.4 Å². The fourth-order valence-corrected chi connectivity index (χ4v) is 3.98. The zero-order valence-corrected chi connectivity index (χ0v) is 15.9. The van der Waals surface area contributed by atoms with Crippen LogP contribution in [0.4, 0.5) is 5.82 Å². The lowest BCUT2D eigenvalue weighted by Gasteiger charge is -2.32. The van der Waals surface area contributed by atoms with Crippen molar-refractivity contribution in [2.24, 2.45) is 11.1 Å². The fourth-order valence-electron chi connectivity index (χ4n) is 3.98. The Balaban J connectivity index is 1.50. The van der Waals surface area contributed by atoms with Crippen molar-refractivity contribution in [2.45, 2.75) is 59.1 Å². The molecule has 1 aromatic rings. The number of amides is 1. The highest BCUT2D eigenvalue weighted by Gasteiger charge is 2.35. The van der Waals surface area contributed by atoms with Gasteiger partial charge >= 0.3 is 0 Å². The summed E-state index contributed by atoms with van der Waals surface area (Å²) in [6.45, 7) is 9.44. The molecule has 1 amide bonds. The highest BCUT2D eigenvalue weighted by Crippen LogP contribution is 2.29. The van der Waals surface area contributed by atoms with E-state index < -0.39 is 6.10 Å². The van der Waals surface area contributed by atoms with E-state index in [1.165, 1.54) is 18.4 Å². The van der Waals surface area contributed by atoms with E-state index in [2.05, 4.69) is 28.9 Å². The van der Waals surface area contributed by atoms with Crippen LogP contribution in [-0.4, -0.2) is 52.2 Å². The Kier molecular flexibility index (Phi) is 4.54. The predicted molar refractivity (Wildman–Crippen MR) is 99.1 cm³/mol. The number of aryl methyl sites for hydroxylation is 1. The van der Waals surface area contributed by atoms with Gasteiger partial charge in [-0.05, 0) is 32.1 Å². The number of rotatable bonds is 3. The molecule has 1 atom stereocenters. The summed E-state index contributed by atoms with van der Waals surface area (Å²) >= 11 is 0. The molecule has 4 rings (SSSR count). The van der Waals surface area contributed by atoms with Crippen LogP contribution in [0.25, 0.3) is 0 Å². The van der Waals surface area contributed by atoms with Gasteiger partial charge in [-0.1, -0.05) is 19.0 Å². The lowest BCUT2D eigenvalue weighted by molar-refractivity contribution is -0.143. The summed E-state index contributed by atoms with van der Waals surface area (Å²) in [7, 11) is 0. The number of fused-ring (bicyclic) bond motifs is 1. The van der Waals surface area contributed by atoms with Gasteiger partial charge in [-0.25, -0.2) is 9.97 Å². The van der Waals surface area contributed by atoms with Crippen LogP contribution < -0.4 is 4.90 Å². The van der Waals surface area contributed by atoms with Crippen molar-refractivity contribution in [2.75, 3.05) is 24.5 Å². The molecule has 1 aromatic heterocycles. The van der Waals surface area contributed by atoms with Crippen molar-refractivity contribution in [3.63, 3.8) is 0 Å². The Morgan fingerprint density at radius 3 is 2.65 bits per heavy atom. The van der Waals surface area contributed by atoms with Crippen molar-refractivity contribution < 1.29 is 9.63 Å². The quantitative estimate of drug-likeness (QED) is 0.828. The van der Waals surface area contributed by atoms with E-state index in [4.69, 9.17) is 9.82 Å². The van der Waals surface area contributed by atoms with Gasteiger partial charge in [0, 0.05) is 31.6 Å². The van der Waals surface area contributed by atoms with Crippen LogP contribution in [0.2, 0.25) is 0 Å². The average Bonchev–Trinajstić information content (AvgIpc) is 3.31. The number of anilines is 1. The Morgan fingerprint density at radius 2 is 1.96 bits per heavy atom. The third kappa shape index (κ3) is 3.15. The van der Waals surface area contributed by atoms with Crippen molar-refractivity contribution in [3.05, 3.63) is 17.1 Å². The number of carbonyl (C=O) groups excluding carboxylic acids is 1. The van der Waals surface area contributed by atoms with Gasteiger partial charge in [0.2, 0.25) is 6.10 Å². The molecule has 0 radical (unpaired) electrons. The molecular formula is C19H27N5O2. The summed E-state index contributed by atoms with van der Waals surface area (Å²) in [5, 5.41) is 4.09. The second kappa shape index (κ2) is 6.85. The number of carbonyl (C=O) groups is 1. The van der Waals surface area contributed by atoms with Gasteiger partial charge in [-0.3, -0.25) is 4.79 Å². The topological polar surface area (TPSA) is 70.9 Å². The molecule has 140 valence electrons. The van der Waals surface area contributed by atoms with Gasteiger partial charge in [-0.15, -0.1) is 0 Å². The fraction of sp³-hybridized carbons (Fsp3) is 0.684. The average molecular weight is 357 g/mol. The minimum Gasteiger partial charge on any atom is -0.382 e. The summed E-state index contributed by atoms with van der Waals surface area (Å²) in [6, 6.07) is 0. The maximum atomic E-state index is 12.9. The van der Waals surface area contributed by atoms with Crippen molar-refractivity contribution in [1.82, 2.24) is 14.9 Å². The summed E-state index contributed by atoms with van der Waals surface area (Å²) in [5.41, 5.74) is 3.17. The highest BCUT2D eigenvalue weighted by molar-refractivity contribution is 5.93. The van der Waals surface area contributed by atoms with Crippen LogP contribution in [0.3, 0.4) is 0 Å². The van der Waals surface area contributed by atoms with Crippen LogP contribution in [-0.2, 0) is 22.6 Å². The molecule has 0 spiro atoms. The molecule has 0 N–H and O–H groups in total. The van der Waals surface area contributed by atoms with E-state index in [9.17, 15) is 4.79 Å². The van der Waals surface area contributed by atoms with Gasteiger partial charge in [-0.2, -0.15) is 0 Å². The first-order valence-corrected chi connectivity index (χ1v) is 9.65. The van der Waals surface area contributed by atoms with Crippen LogP contribution in [0.1, 0.15) is 50.2 Å². The molecule has 7 heteroatoms. The van der Waals surface area contributed by atoms with Gasteiger partial charge in [0.25, 0.3) is 5.91 Å². The molecule has 1 saturated heterocycles. The first-order valence-electron chi connectivity index (χ1n) is 9.65. The molecule has 0 aromatic carbocycles. The maximum Gasteiger partial charge on any atom is 0.267 e. The van der Waals surface area contributed by atoms with Gasteiger partial charge in [0.1, 0.15) is 11.6 Å². The van der Waals surface area contributed by atoms with Gasteiger partial charge < -0.3 is 14.6 Å². The normalized spacial score (nSPS) is 22.5. The maximum absolute atomic E-state index is 12.9. The first kappa shape index (κ1) is 17.2. The molecule has 0 unspecified atom stereocenters. The third-order valence-corrected chi connectivity index (χ3v) is 5.51. The zero-order valence-electron chi connectivity index (χ0n) is 15.9. The number of aromatic nitrogens is 2. The van der Waals surface area contributed by atoms with Crippen molar-refractivity contribution >= 4 is 17.4 Å². The second-order valence-corrected chi connectivity index (χ2v) is 7.76.